The van der Waals surface area contributed by atoms with Gasteiger partial charge in [-0.1, -0.05) is 0 Å². The Bertz CT molecular complexity index is 447. The maximum absolute atomic E-state index is 11.0. The summed E-state index contributed by atoms with van der Waals surface area (Å²) >= 11 is 0. The van der Waals surface area contributed by atoms with Crippen LogP contribution >= 0.6 is 0 Å². The number of nitrogens with zero attached hydrogens (tertiary/aromatic N) is 2. The summed E-state index contributed by atoms with van der Waals surface area (Å²) in [6.45, 7) is 8.04. The number of unbranched alkanes of at least 4 members (excludes halogenated alkanes) is 1. The van der Waals surface area contributed by atoms with Crippen LogP contribution in [-0.4, -0.2) is 47.1 Å². The Morgan fingerprint density at radius 1 is 1.40 bits per heavy atom. The third kappa shape index (κ3) is 5.57. The largest absolute Gasteiger partial charge is 0.478 e. The van der Waals surface area contributed by atoms with Crippen LogP contribution in [0, 0.1) is 6.92 Å². The topological polar surface area (TPSA) is 65.5 Å². The maximum Gasteiger partial charge on any atom is 0.335 e. The van der Waals surface area contributed by atoms with Crippen LogP contribution in [0.4, 0.5) is 5.82 Å². The van der Waals surface area contributed by atoms with E-state index in [1.54, 1.807) is 19.1 Å². The lowest BCUT2D eigenvalue weighted by Crippen LogP contribution is -2.27. The second-order valence-electron chi connectivity index (χ2n) is 5.40. The van der Waals surface area contributed by atoms with Crippen molar-refractivity contribution in [1.82, 2.24) is 9.88 Å². The van der Waals surface area contributed by atoms with E-state index in [0.717, 1.165) is 25.9 Å². The smallest absolute Gasteiger partial charge is 0.335 e. The fraction of sp³-hybridized carbons (Fsp3) is 0.600. The quantitative estimate of drug-likeness (QED) is 0.716. The van der Waals surface area contributed by atoms with Gasteiger partial charge in [0.2, 0.25) is 0 Å². The number of hydrogen-bond donors (Lipinski definition) is 2. The first kappa shape index (κ1) is 16.4. The minimum absolute atomic E-state index is 0.277. The SMILES string of the molecule is Cc1cc(C(=O)O)cc(NCCCCN(C)C(C)C)n1. The Labute approximate surface area is 121 Å². The molecule has 0 radical (unpaired) electrons. The summed E-state index contributed by atoms with van der Waals surface area (Å²) in [7, 11) is 2.12. The minimum atomic E-state index is -0.919. The molecular weight excluding hydrogens is 254 g/mol. The molecule has 0 bridgehead atoms. The molecule has 0 amide bonds. The highest BCUT2D eigenvalue weighted by atomic mass is 16.4. The minimum Gasteiger partial charge on any atom is -0.478 e. The molecule has 2 N–H and O–H groups in total. The average molecular weight is 279 g/mol. The van der Waals surface area contributed by atoms with Crippen molar-refractivity contribution in [2.24, 2.45) is 0 Å². The Morgan fingerprint density at radius 2 is 2.10 bits per heavy atom. The van der Waals surface area contributed by atoms with Gasteiger partial charge >= 0.3 is 5.97 Å². The van der Waals surface area contributed by atoms with Crippen LogP contribution in [-0.2, 0) is 0 Å². The molecule has 0 spiro atoms. The van der Waals surface area contributed by atoms with Gasteiger partial charge in [0, 0.05) is 18.3 Å². The van der Waals surface area contributed by atoms with Gasteiger partial charge in [-0.2, -0.15) is 0 Å². The zero-order valence-corrected chi connectivity index (χ0v) is 12.8. The summed E-state index contributed by atoms with van der Waals surface area (Å²) in [6, 6.07) is 3.72. The van der Waals surface area contributed by atoms with Gasteiger partial charge in [0.25, 0.3) is 0 Å². The van der Waals surface area contributed by atoms with E-state index in [1.807, 2.05) is 0 Å². The summed E-state index contributed by atoms with van der Waals surface area (Å²) < 4.78 is 0. The molecule has 0 aromatic carbocycles. The predicted molar refractivity (Wildman–Crippen MR) is 81.4 cm³/mol. The molecule has 20 heavy (non-hydrogen) atoms. The van der Waals surface area contributed by atoms with Gasteiger partial charge in [-0.25, -0.2) is 9.78 Å². The van der Waals surface area contributed by atoms with Gasteiger partial charge in [-0.05, 0) is 59.3 Å². The third-order valence-electron chi connectivity index (χ3n) is 3.33. The molecular formula is C15H25N3O2. The van der Waals surface area contributed by atoms with E-state index in [9.17, 15) is 4.79 Å². The number of anilines is 1. The number of aromatic nitrogens is 1. The Hall–Kier alpha value is -1.62. The standard InChI is InChI=1S/C15H25N3O2/c1-11(2)18(4)8-6-5-7-16-14-10-13(15(19)20)9-12(3)17-14/h9-11H,5-8H2,1-4H3,(H,16,17)(H,19,20). The molecule has 5 nitrogen and oxygen atoms in total. The summed E-state index contributed by atoms with van der Waals surface area (Å²) in [4.78, 5) is 17.6. The zero-order valence-electron chi connectivity index (χ0n) is 12.8. The molecule has 1 heterocycles. The monoisotopic (exact) mass is 279 g/mol. The van der Waals surface area contributed by atoms with E-state index < -0.39 is 5.97 Å². The number of aromatic carboxylic acids is 1. The highest BCUT2D eigenvalue weighted by Gasteiger charge is 2.06. The Morgan fingerprint density at radius 3 is 2.70 bits per heavy atom. The molecule has 1 rings (SSSR count). The van der Waals surface area contributed by atoms with Crippen molar-refractivity contribution >= 4 is 11.8 Å². The van der Waals surface area contributed by atoms with Crippen molar-refractivity contribution in [2.75, 3.05) is 25.5 Å². The number of carbonyl (C=O) groups is 1. The van der Waals surface area contributed by atoms with Gasteiger partial charge in [-0.3, -0.25) is 0 Å². The van der Waals surface area contributed by atoms with Crippen LogP contribution in [0.5, 0.6) is 0 Å². The fourth-order valence-electron chi connectivity index (χ4n) is 1.84. The van der Waals surface area contributed by atoms with E-state index in [1.165, 1.54) is 0 Å². The zero-order chi connectivity index (χ0) is 15.1. The Kier molecular flexibility index (Phi) is 6.45. The van der Waals surface area contributed by atoms with E-state index in [0.29, 0.717) is 17.6 Å². The van der Waals surface area contributed by atoms with Gasteiger partial charge in [-0.15, -0.1) is 0 Å². The Balaban J connectivity index is 2.37. The fourth-order valence-corrected chi connectivity index (χ4v) is 1.84. The van der Waals surface area contributed by atoms with Crippen LogP contribution in [0.2, 0.25) is 0 Å². The first-order valence-corrected chi connectivity index (χ1v) is 7.06. The molecule has 0 unspecified atom stereocenters. The maximum atomic E-state index is 11.0. The van der Waals surface area contributed by atoms with E-state index in [2.05, 4.69) is 36.1 Å². The first-order chi connectivity index (χ1) is 9.40. The number of nitrogens with one attached hydrogen (secondary N) is 1. The highest BCUT2D eigenvalue weighted by Crippen LogP contribution is 2.10. The van der Waals surface area contributed by atoms with Crippen LogP contribution in [0.1, 0.15) is 42.7 Å². The third-order valence-corrected chi connectivity index (χ3v) is 3.33. The van der Waals surface area contributed by atoms with Gasteiger partial charge in [0.05, 0.1) is 5.56 Å². The molecule has 0 atom stereocenters. The average Bonchev–Trinajstić information content (AvgIpc) is 2.37. The number of pyridine rings is 1. The first-order valence-electron chi connectivity index (χ1n) is 7.06. The van der Waals surface area contributed by atoms with Crippen molar-refractivity contribution in [3.63, 3.8) is 0 Å². The van der Waals surface area contributed by atoms with Crippen molar-refractivity contribution in [3.8, 4) is 0 Å². The molecule has 0 saturated carbocycles. The number of aryl methyl sites for hydroxylation is 1. The van der Waals surface area contributed by atoms with Crippen LogP contribution < -0.4 is 5.32 Å². The molecule has 1 aromatic heterocycles. The van der Waals surface area contributed by atoms with E-state index >= 15 is 0 Å². The summed E-state index contributed by atoms with van der Waals surface area (Å²) in [5, 5.41) is 12.2. The molecule has 0 fully saturated rings. The summed E-state index contributed by atoms with van der Waals surface area (Å²) in [6.07, 6.45) is 2.15. The molecule has 0 aliphatic carbocycles. The second kappa shape index (κ2) is 7.85. The lowest BCUT2D eigenvalue weighted by atomic mass is 10.2. The second-order valence-corrected chi connectivity index (χ2v) is 5.40. The predicted octanol–water partition coefficient (Wildman–Crippen LogP) is 2.62. The highest BCUT2D eigenvalue weighted by molar-refractivity contribution is 5.88. The molecule has 0 saturated heterocycles. The van der Waals surface area contributed by atoms with Gasteiger partial charge < -0.3 is 15.3 Å². The van der Waals surface area contributed by atoms with E-state index in [4.69, 9.17) is 5.11 Å². The van der Waals surface area contributed by atoms with E-state index in [-0.39, 0.29) is 5.56 Å². The number of rotatable bonds is 8. The number of hydrogen-bond acceptors (Lipinski definition) is 4. The lowest BCUT2D eigenvalue weighted by Gasteiger charge is -2.20. The molecule has 0 aliphatic heterocycles. The summed E-state index contributed by atoms with van der Waals surface area (Å²) in [5.74, 6) is -0.281. The normalized spacial score (nSPS) is 11.1. The molecule has 5 heteroatoms. The summed E-state index contributed by atoms with van der Waals surface area (Å²) in [5.41, 5.74) is 0.992. The molecule has 1 aromatic rings. The van der Waals surface area contributed by atoms with Crippen LogP contribution in [0.15, 0.2) is 12.1 Å². The lowest BCUT2D eigenvalue weighted by molar-refractivity contribution is 0.0696. The molecule has 112 valence electrons. The van der Waals surface area contributed by atoms with Gasteiger partial charge in [0.15, 0.2) is 0 Å². The van der Waals surface area contributed by atoms with Crippen molar-refractivity contribution < 1.29 is 9.90 Å². The van der Waals surface area contributed by atoms with Crippen molar-refractivity contribution in [3.05, 3.63) is 23.4 Å². The van der Waals surface area contributed by atoms with Gasteiger partial charge in [0.1, 0.15) is 5.82 Å². The number of carboxylic acid groups (broad SMARTS) is 1. The van der Waals surface area contributed by atoms with Crippen LogP contribution in [0.25, 0.3) is 0 Å². The van der Waals surface area contributed by atoms with Crippen molar-refractivity contribution in [1.29, 1.82) is 0 Å². The van der Waals surface area contributed by atoms with Crippen LogP contribution in [0.3, 0.4) is 0 Å². The molecule has 0 aliphatic rings. The number of carboxylic acids is 1. The van der Waals surface area contributed by atoms with Crippen molar-refractivity contribution in [2.45, 2.75) is 39.7 Å².